The van der Waals surface area contributed by atoms with Crippen molar-refractivity contribution >= 4 is 38.3 Å². The second-order valence-corrected chi connectivity index (χ2v) is 12.7. The van der Waals surface area contributed by atoms with Gasteiger partial charge < -0.3 is 14.8 Å². The molecule has 1 aromatic carbocycles. The number of alkyl halides is 3. The molecule has 1 N–H and O–H groups in total. The number of anilines is 1. The van der Waals surface area contributed by atoms with Crippen LogP contribution in [0.5, 0.6) is 0 Å². The van der Waals surface area contributed by atoms with Gasteiger partial charge in [-0.3, -0.25) is 4.90 Å². The van der Waals surface area contributed by atoms with E-state index in [-0.39, 0.29) is 10.9 Å². The predicted molar refractivity (Wildman–Crippen MR) is 165 cm³/mol. The van der Waals surface area contributed by atoms with Crippen LogP contribution in [0.1, 0.15) is 35.4 Å². The van der Waals surface area contributed by atoms with Gasteiger partial charge >= 0.3 is 6.18 Å². The number of nitriles is 1. The Bertz CT molecular complexity index is 1690. The molecule has 43 heavy (non-hydrogen) atoms. The van der Waals surface area contributed by atoms with Crippen molar-refractivity contribution < 1.29 is 13.2 Å². The zero-order valence-corrected chi connectivity index (χ0v) is 24.7. The molecule has 5 heterocycles. The van der Waals surface area contributed by atoms with Crippen LogP contribution in [-0.2, 0) is 19.5 Å². The number of benzene rings is 1. The van der Waals surface area contributed by atoms with E-state index >= 15 is 0 Å². The summed E-state index contributed by atoms with van der Waals surface area (Å²) in [5.74, 6) is 1.06. The zero-order valence-electron chi connectivity index (χ0n) is 23.9. The first kappa shape index (κ1) is 29.2. The van der Waals surface area contributed by atoms with Crippen molar-refractivity contribution in [3.8, 4) is 6.07 Å². The van der Waals surface area contributed by atoms with Gasteiger partial charge in [-0.1, -0.05) is 19.2 Å². The van der Waals surface area contributed by atoms with Crippen molar-refractivity contribution in [2.45, 2.75) is 51.0 Å². The Labute approximate surface area is 252 Å². The summed E-state index contributed by atoms with van der Waals surface area (Å²) in [7, 11) is 0. The van der Waals surface area contributed by atoms with Gasteiger partial charge in [-0.05, 0) is 61.1 Å². The highest BCUT2D eigenvalue weighted by molar-refractivity contribution is 7.18. The van der Waals surface area contributed by atoms with Crippen LogP contribution in [-0.4, -0.2) is 62.7 Å². The summed E-state index contributed by atoms with van der Waals surface area (Å²) in [5.41, 5.74) is 3.95. The number of thiophene rings is 1. The lowest BCUT2D eigenvalue weighted by Crippen LogP contribution is -2.38. The van der Waals surface area contributed by atoms with E-state index in [9.17, 15) is 18.4 Å². The topological polar surface area (TPSA) is 73.0 Å². The maximum Gasteiger partial charge on any atom is 0.393 e. The number of likely N-dealkylation sites (tertiary alicyclic amines) is 2. The van der Waals surface area contributed by atoms with Gasteiger partial charge in [-0.15, -0.1) is 11.3 Å². The maximum absolute atomic E-state index is 12.9. The van der Waals surface area contributed by atoms with Gasteiger partial charge in [-0.25, -0.2) is 9.97 Å². The van der Waals surface area contributed by atoms with E-state index in [2.05, 4.69) is 67.1 Å². The molecule has 0 radical (unpaired) electrons. The van der Waals surface area contributed by atoms with Crippen LogP contribution in [0, 0.1) is 17.2 Å². The SMILES string of the molecule is C=CC(=C)N1CCC(Cn2c(C#N)cc3cc(CN4CCC(Nc5ncnc6sc(CC(F)(F)F)cc56)CC4)ccc32)C1. The second-order valence-electron chi connectivity index (χ2n) is 11.6. The molecule has 224 valence electrons. The average Bonchev–Trinajstić information content (AvgIpc) is 3.70. The Balaban J connectivity index is 1.07. The molecule has 2 saturated heterocycles. The minimum absolute atomic E-state index is 0.185. The smallest absolute Gasteiger partial charge is 0.372 e. The van der Waals surface area contributed by atoms with Crippen LogP contribution in [0.15, 0.2) is 61.6 Å². The lowest BCUT2D eigenvalue weighted by molar-refractivity contribution is -0.126. The van der Waals surface area contributed by atoms with Crippen LogP contribution in [0.2, 0.25) is 0 Å². The molecule has 0 aliphatic carbocycles. The van der Waals surface area contributed by atoms with Crippen molar-refractivity contribution in [1.29, 1.82) is 5.26 Å². The Kier molecular flexibility index (Phi) is 8.16. The Hall–Kier alpha value is -3.88. The van der Waals surface area contributed by atoms with Crippen molar-refractivity contribution in [2.24, 2.45) is 5.92 Å². The van der Waals surface area contributed by atoms with Crippen LogP contribution in [0.25, 0.3) is 21.1 Å². The minimum atomic E-state index is -4.25. The minimum Gasteiger partial charge on any atom is -0.372 e. The number of hydrogen-bond acceptors (Lipinski definition) is 7. The summed E-state index contributed by atoms with van der Waals surface area (Å²) in [6, 6.07) is 12.6. The molecule has 7 nitrogen and oxygen atoms in total. The third-order valence-corrected chi connectivity index (χ3v) is 9.58. The highest BCUT2D eigenvalue weighted by Crippen LogP contribution is 2.33. The summed E-state index contributed by atoms with van der Waals surface area (Å²) in [6.45, 7) is 13.2. The molecule has 6 rings (SSSR count). The largest absolute Gasteiger partial charge is 0.393 e. The first-order valence-electron chi connectivity index (χ1n) is 14.6. The summed E-state index contributed by atoms with van der Waals surface area (Å²) in [4.78, 5) is 14.0. The summed E-state index contributed by atoms with van der Waals surface area (Å²) < 4.78 is 40.8. The fraction of sp³-hybridized carbons (Fsp3) is 0.406. The highest BCUT2D eigenvalue weighted by Gasteiger charge is 2.29. The van der Waals surface area contributed by atoms with E-state index in [0.717, 1.165) is 86.5 Å². The van der Waals surface area contributed by atoms with E-state index < -0.39 is 12.6 Å². The molecule has 1 atom stereocenters. The van der Waals surface area contributed by atoms with Gasteiger partial charge in [0.05, 0.1) is 11.8 Å². The van der Waals surface area contributed by atoms with Crippen LogP contribution < -0.4 is 5.32 Å². The van der Waals surface area contributed by atoms with Crippen LogP contribution >= 0.6 is 11.3 Å². The van der Waals surface area contributed by atoms with Gasteiger partial charge in [0.15, 0.2) is 0 Å². The van der Waals surface area contributed by atoms with Gasteiger partial charge in [0.2, 0.25) is 0 Å². The number of aromatic nitrogens is 3. The fourth-order valence-electron chi connectivity index (χ4n) is 6.33. The Morgan fingerprint density at radius 3 is 2.70 bits per heavy atom. The molecule has 0 bridgehead atoms. The van der Waals surface area contributed by atoms with E-state index in [4.69, 9.17) is 0 Å². The Morgan fingerprint density at radius 1 is 1.14 bits per heavy atom. The highest BCUT2D eigenvalue weighted by atomic mass is 32.1. The van der Waals surface area contributed by atoms with Gasteiger partial charge in [0, 0.05) is 66.8 Å². The van der Waals surface area contributed by atoms with E-state index in [1.54, 1.807) is 12.1 Å². The lowest BCUT2D eigenvalue weighted by atomic mass is 10.0. The summed E-state index contributed by atoms with van der Waals surface area (Å²) >= 11 is 1.07. The molecular weight excluding hydrogens is 571 g/mol. The first-order chi connectivity index (χ1) is 20.7. The number of piperidine rings is 1. The average molecular weight is 606 g/mol. The molecular formula is C32H34F3N7S. The standard InChI is InChI=1S/C32H34F3N7S/c1-3-21(2)41-11-6-23(18-41)19-42-26(16-36)13-24-12-22(4-5-29(24)42)17-40-9-7-25(8-10-40)39-30-28-14-27(15-32(33,34)35)43-31(28)38-20-37-30/h3-5,12-14,20,23,25H,1-2,6-11,15,17-19H2,(H,37,38,39). The van der Waals surface area contributed by atoms with Gasteiger partial charge in [0.25, 0.3) is 0 Å². The van der Waals surface area contributed by atoms with E-state index in [0.29, 0.717) is 27.6 Å². The third kappa shape index (κ3) is 6.55. The quantitative estimate of drug-likeness (QED) is 0.214. The molecule has 11 heteroatoms. The number of halogens is 3. The van der Waals surface area contributed by atoms with Crippen molar-refractivity contribution in [3.05, 3.63) is 77.7 Å². The molecule has 0 amide bonds. The molecule has 2 fully saturated rings. The number of nitrogens with zero attached hydrogens (tertiary/aromatic N) is 6. The zero-order chi connectivity index (χ0) is 30.1. The number of nitrogens with one attached hydrogen (secondary N) is 1. The van der Waals surface area contributed by atoms with Crippen molar-refractivity contribution in [2.75, 3.05) is 31.5 Å². The van der Waals surface area contributed by atoms with Gasteiger partial charge in [0.1, 0.15) is 28.7 Å². The van der Waals surface area contributed by atoms with Gasteiger partial charge in [-0.2, -0.15) is 18.4 Å². The lowest BCUT2D eigenvalue weighted by Gasteiger charge is -2.32. The molecule has 3 aromatic heterocycles. The molecule has 4 aromatic rings. The number of rotatable bonds is 9. The van der Waals surface area contributed by atoms with E-state index in [1.807, 2.05) is 6.07 Å². The fourth-order valence-corrected chi connectivity index (χ4v) is 7.36. The number of hydrogen-bond donors (Lipinski definition) is 1. The predicted octanol–water partition coefficient (Wildman–Crippen LogP) is 6.72. The van der Waals surface area contributed by atoms with Crippen LogP contribution in [0.4, 0.5) is 19.0 Å². The molecule has 2 aliphatic heterocycles. The van der Waals surface area contributed by atoms with Crippen LogP contribution in [0.3, 0.4) is 0 Å². The molecule has 0 saturated carbocycles. The molecule has 0 spiro atoms. The summed E-state index contributed by atoms with van der Waals surface area (Å²) in [5, 5.41) is 15.1. The Morgan fingerprint density at radius 2 is 1.95 bits per heavy atom. The summed E-state index contributed by atoms with van der Waals surface area (Å²) in [6.07, 6.45) is 0.880. The second kappa shape index (κ2) is 12.0. The molecule has 2 aliphatic rings. The van der Waals surface area contributed by atoms with E-state index in [1.165, 1.54) is 11.9 Å². The maximum atomic E-state index is 12.9. The molecule has 1 unspecified atom stereocenters. The van der Waals surface area contributed by atoms with Crippen molar-refractivity contribution in [3.63, 3.8) is 0 Å². The first-order valence-corrected chi connectivity index (χ1v) is 15.4. The van der Waals surface area contributed by atoms with Crippen molar-refractivity contribution in [1.82, 2.24) is 24.3 Å². The number of allylic oxidation sites excluding steroid dienone is 1. The third-order valence-electron chi connectivity index (χ3n) is 8.54. The number of fused-ring (bicyclic) bond motifs is 2. The monoisotopic (exact) mass is 605 g/mol. The normalized spacial score (nSPS) is 18.4.